The zero-order valence-corrected chi connectivity index (χ0v) is 10.8. The summed E-state index contributed by atoms with van der Waals surface area (Å²) in [5, 5.41) is 2.34. The van der Waals surface area contributed by atoms with Gasteiger partial charge in [-0.15, -0.1) is 0 Å². The fraction of sp³-hybridized carbons (Fsp3) is 0.154. The van der Waals surface area contributed by atoms with Gasteiger partial charge in [0, 0.05) is 34.4 Å². The SMILES string of the molecule is NCCc1cnc2c3c(Br)cccc3ccn12. The number of pyridine rings is 1. The van der Waals surface area contributed by atoms with Gasteiger partial charge in [0.1, 0.15) is 5.65 Å². The van der Waals surface area contributed by atoms with Crippen LogP contribution in [0.3, 0.4) is 0 Å². The molecule has 0 fully saturated rings. The first-order valence-corrected chi connectivity index (χ1v) is 6.34. The van der Waals surface area contributed by atoms with Crippen molar-refractivity contribution in [3.8, 4) is 0 Å². The van der Waals surface area contributed by atoms with E-state index in [1.807, 2.05) is 18.3 Å². The lowest BCUT2D eigenvalue weighted by Crippen LogP contribution is -2.04. The number of aromatic nitrogens is 2. The predicted octanol–water partition coefficient (Wildman–Crippen LogP) is 2.75. The molecule has 0 aliphatic heterocycles. The zero-order chi connectivity index (χ0) is 11.8. The fourth-order valence-electron chi connectivity index (χ4n) is 2.15. The average Bonchev–Trinajstić information content (AvgIpc) is 2.73. The predicted molar refractivity (Wildman–Crippen MR) is 73.2 cm³/mol. The number of halogens is 1. The Bertz CT molecular complexity index is 688. The highest BCUT2D eigenvalue weighted by atomic mass is 79.9. The third-order valence-electron chi connectivity index (χ3n) is 2.95. The molecule has 0 radical (unpaired) electrons. The lowest BCUT2D eigenvalue weighted by Gasteiger charge is -2.04. The van der Waals surface area contributed by atoms with E-state index in [2.05, 4.69) is 43.6 Å². The number of fused-ring (bicyclic) bond motifs is 3. The number of imidazole rings is 1. The molecule has 1 aromatic carbocycles. The van der Waals surface area contributed by atoms with Crippen molar-refractivity contribution < 1.29 is 0 Å². The summed E-state index contributed by atoms with van der Waals surface area (Å²) in [5.41, 5.74) is 7.74. The van der Waals surface area contributed by atoms with Crippen molar-refractivity contribution in [2.45, 2.75) is 6.42 Å². The smallest absolute Gasteiger partial charge is 0.145 e. The zero-order valence-electron chi connectivity index (χ0n) is 9.23. The van der Waals surface area contributed by atoms with E-state index in [0.717, 1.165) is 27.6 Å². The number of benzene rings is 1. The highest BCUT2D eigenvalue weighted by molar-refractivity contribution is 9.10. The number of nitrogens with two attached hydrogens (primary N) is 1. The molecule has 0 bridgehead atoms. The summed E-state index contributed by atoms with van der Waals surface area (Å²) in [5.74, 6) is 0. The molecule has 0 atom stereocenters. The first-order chi connectivity index (χ1) is 8.31. The van der Waals surface area contributed by atoms with Gasteiger partial charge in [-0.3, -0.25) is 0 Å². The molecule has 0 spiro atoms. The van der Waals surface area contributed by atoms with Crippen LogP contribution in [0.1, 0.15) is 5.69 Å². The Hall–Kier alpha value is -1.39. The van der Waals surface area contributed by atoms with Crippen molar-refractivity contribution in [2.24, 2.45) is 5.73 Å². The third kappa shape index (κ3) is 1.64. The van der Waals surface area contributed by atoms with E-state index in [4.69, 9.17) is 5.73 Å². The molecule has 0 aliphatic rings. The lowest BCUT2D eigenvalue weighted by atomic mass is 10.2. The second-order valence-corrected chi connectivity index (χ2v) is 4.86. The molecule has 3 rings (SSSR count). The maximum absolute atomic E-state index is 5.60. The van der Waals surface area contributed by atoms with Crippen LogP contribution in [0.5, 0.6) is 0 Å². The van der Waals surface area contributed by atoms with Gasteiger partial charge in [-0.2, -0.15) is 0 Å². The van der Waals surface area contributed by atoms with Gasteiger partial charge in [-0.05, 0) is 24.1 Å². The van der Waals surface area contributed by atoms with Crippen LogP contribution in [-0.2, 0) is 6.42 Å². The minimum Gasteiger partial charge on any atom is -0.330 e. The van der Waals surface area contributed by atoms with Gasteiger partial charge < -0.3 is 10.1 Å². The van der Waals surface area contributed by atoms with Gasteiger partial charge in [0.25, 0.3) is 0 Å². The number of hydrogen-bond donors (Lipinski definition) is 1. The summed E-state index contributed by atoms with van der Waals surface area (Å²) in [4.78, 5) is 4.50. The van der Waals surface area contributed by atoms with Crippen molar-refractivity contribution in [1.82, 2.24) is 9.38 Å². The minimum absolute atomic E-state index is 0.641. The maximum atomic E-state index is 5.60. The molecule has 4 heteroatoms. The largest absolute Gasteiger partial charge is 0.330 e. The quantitative estimate of drug-likeness (QED) is 0.788. The van der Waals surface area contributed by atoms with Crippen molar-refractivity contribution in [2.75, 3.05) is 6.54 Å². The van der Waals surface area contributed by atoms with Gasteiger partial charge in [-0.25, -0.2) is 4.98 Å². The lowest BCUT2D eigenvalue weighted by molar-refractivity contribution is 0.906. The molecule has 3 nitrogen and oxygen atoms in total. The van der Waals surface area contributed by atoms with Crippen molar-refractivity contribution in [1.29, 1.82) is 0 Å². The second kappa shape index (κ2) is 4.13. The molecule has 2 N–H and O–H groups in total. The molecule has 17 heavy (non-hydrogen) atoms. The van der Waals surface area contributed by atoms with Gasteiger partial charge >= 0.3 is 0 Å². The van der Waals surface area contributed by atoms with Crippen LogP contribution in [0.15, 0.2) is 41.1 Å². The van der Waals surface area contributed by atoms with E-state index in [0.29, 0.717) is 6.54 Å². The second-order valence-electron chi connectivity index (χ2n) is 4.00. The maximum Gasteiger partial charge on any atom is 0.145 e. The molecule has 0 amide bonds. The fourth-order valence-corrected chi connectivity index (χ4v) is 2.71. The topological polar surface area (TPSA) is 43.3 Å². The Morgan fingerprint density at radius 1 is 1.29 bits per heavy atom. The van der Waals surface area contributed by atoms with Crippen LogP contribution in [-0.4, -0.2) is 15.9 Å². The van der Waals surface area contributed by atoms with Crippen molar-refractivity contribution >= 4 is 32.3 Å². The Kier molecular flexibility index (Phi) is 2.61. The monoisotopic (exact) mass is 289 g/mol. The summed E-state index contributed by atoms with van der Waals surface area (Å²) >= 11 is 3.59. The van der Waals surface area contributed by atoms with Gasteiger partial charge in [-0.1, -0.05) is 28.1 Å². The number of hydrogen-bond acceptors (Lipinski definition) is 2. The summed E-state index contributed by atoms with van der Waals surface area (Å²) < 4.78 is 3.19. The van der Waals surface area contributed by atoms with Gasteiger partial charge in [0.05, 0.1) is 0 Å². The van der Waals surface area contributed by atoms with Crippen LogP contribution in [0, 0.1) is 0 Å². The average molecular weight is 290 g/mol. The van der Waals surface area contributed by atoms with Crippen LogP contribution in [0.2, 0.25) is 0 Å². The molecule has 0 saturated carbocycles. The summed E-state index contributed by atoms with van der Waals surface area (Å²) in [6.45, 7) is 0.641. The van der Waals surface area contributed by atoms with Crippen LogP contribution >= 0.6 is 15.9 Å². The van der Waals surface area contributed by atoms with E-state index in [-0.39, 0.29) is 0 Å². The van der Waals surface area contributed by atoms with Gasteiger partial charge in [0.15, 0.2) is 0 Å². The van der Waals surface area contributed by atoms with E-state index in [9.17, 15) is 0 Å². The first kappa shape index (κ1) is 10.7. The Morgan fingerprint density at radius 3 is 3.00 bits per heavy atom. The molecular formula is C13H12BrN3. The molecule has 2 aromatic heterocycles. The summed E-state index contributed by atoms with van der Waals surface area (Å²) in [7, 11) is 0. The summed E-state index contributed by atoms with van der Waals surface area (Å²) in [6, 6.07) is 8.28. The van der Waals surface area contributed by atoms with Crippen molar-refractivity contribution in [3.63, 3.8) is 0 Å². The Morgan fingerprint density at radius 2 is 2.18 bits per heavy atom. The standard InChI is InChI=1S/C13H12BrN3/c14-11-3-1-2-9-5-7-17-10(4-6-15)8-16-13(17)12(9)11/h1-3,5,7-8H,4,6,15H2. The van der Waals surface area contributed by atoms with E-state index in [1.165, 1.54) is 5.39 Å². The molecule has 0 saturated heterocycles. The first-order valence-electron chi connectivity index (χ1n) is 5.54. The highest BCUT2D eigenvalue weighted by Crippen LogP contribution is 2.27. The number of rotatable bonds is 2. The third-order valence-corrected chi connectivity index (χ3v) is 3.61. The molecule has 0 aliphatic carbocycles. The Balaban J connectivity index is 2.40. The molecular weight excluding hydrogens is 278 g/mol. The molecule has 3 aromatic rings. The van der Waals surface area contributed by atoms with E-state index in [1.54, 1.807) is 0 Å². The van der Waals surface area contributed by atoms with Crippen LogP contribution in [0.4, 0.5) is 0 Å². The minimum atomic E-state index is 0.641. The molecule has 2 heterocycles. The van der Waals surface area contributed by atoms with Crippen molar-refractivity contribution in [3.05, 3.63) is 46.8 Å². The van der Waals surface area contributed by atoms with E-state index >= 15 is 0 Å². The number of nitrogens with zero attached hydrogens (tertiary/aromatic N) is 2. The van der Waals surface area contributed by atoms with Crippen LogP contribution < -0.4 is 5.73 Å². The molecule has 86 valence electrons. The molecule has 0 unspecified atom stereocenters. The summed E-state index contributed by atoms with van der Waals surface area (Å²) in [6.07, 6.45) is 4.81. The Labute approximate surface area is 107 Å². The van der Waals surface area contributed by atoms with Crippen LogP contribution in [0.25, 0.3) is 16.4 Å². The van der Waals surface area contributed by atoms with Gasteiger partial charge in [0.2, 0.25) is 0 Å². The van der Waals surface area contributed by atoms with E-state index < -0.39 is 0 Å². The highest BCUT2D eigenvalue weighted by Gasteiger charge is 2.08. The normalized spacial score (nSPS) is 11.4.